The lowest BCUT2D eigenvalue weighted by Gasteiger charge is -2.29. The molecule has 2 aliphatic heterocycles. The quantitative estimate of drug-likeness (QED) is 0.784. The minimum Gasteiger partial charge on any atom is -0.271 e. The third-order valence-corrected chi connectivity index (χ3v) is 5.21. The summed E-state index contributed by atoms with van der Waals surface area (Å²) in [5, 5.41) is 0. The molecule has 0 bridgehead atoms. The topological polar surface area (TPSA) is 74.8 Å². The van der Waals surface area contributed by atoms with Crippen LogP contribution in [0.4, 0.5) is 0 Å². The molecule has 2 aromatic rings. The van der Waals surface area contributed by atoms with Gasteiger partial charge in [-0.25, -0.2) is 0 Å². The van der Waals surface area contributed by atoms with Gasteiger partial charge in [0.05, 0.1) is 22.3 Å². The maximum absolute atomic E-state index is 12.6. The van der Waals surface area contributed by atoms with Crippen LogP contribution < -0.4 is 0 Å². The molecule has 6 heteroatoms. The minimum absolute atomic E-state index is 0.316. The summed E-state index contributed by atoms with van der Waals surface area (Å²) in [5.74, 6) is -1.34. The van der Waals surface area contributed by atoms with Crippen LogP contribution in [-0.2, 0) is 0 Å². The third kappa shape index (κ3) is 2.48. The van der Waals surface area contributed by atoms with Crippen molar-refractivity contribution in [2.24, 2.45) is 0 Å². The van der Waals surface area contributed by atoms with E-state index in [-0.39, 0.29) is 23.6 Å². The van der Waals surface area contributed by atoms with Gasteiger partial charge in [0.15, 0.2) is 0 Å². The van der Waals surface area contributed by atoms with Gasteiger partial charge in [-0.1, -0.05) is 24.3 Å². The van der Waals surface area contributed by atoms with Gasteiger partial charge in [0.2, 0.25) is 0 Å². The van der Waals surface area contributed by atoms with E-state index in [0.29, 0.717) is 28.7 Å². The first-order chi connectivity index (χ1) is 12.9. The maximum Gasteiger partial charge on any atom is 0.261 e. The SMILES string of the molecule is C[C@@H](C[C@H](C)N1C(=O)c2ccccc2C1=O)N1C(=O)c2ccccc2C1=O. The van der Waals surface area contributed by atoms with Gasteiger partial charge in [0, 0.05) is 12.1 Å². The van der Waals surface area contributed by atoms with Gasteiger partial charge in [-0.2, -0.15) is 0 Å². The molecule has 0 aromatic heterocycles. The van der Waals surface area contributed by atoms with Crippen LogP contribution in [0.3, 0.4) is 0 Å². The Balaban J connectivity index is 1.54. The Labute approximate surface area is 156 Å². The van der Waals surface area contributed by atoms with E-state index in [9.17, 15) is 19.2 Å². The molecule has 2 atom stereocenters. The van der Waals surface area contributed by atoms with Crippen LogP contribution in [-0.4, -0.2) is 45.5 Å². The van der Waals surface area contributed by atoms with Gasteiger partial charge in [-0.3, -0.25) is 29.0 Å². The zero-order valence-corrected chi connectivity index (χ0v) is 15.0. The van der Waals surface area contributed by atoms with Crippen molar-refractivity contribution in [1.29, 1.82) is 0 Å². The van der Waals surface area contributed by atoms with Crippen LogP contribution in [0.2, 0.25) is 0 Å². The molecular weight excluding hydrogens is 344 g/mol. The second kappa shape index (κ2) is 6.16. The van der Waals surface area contributed by atoms with Gasteiger partial charge in [-0.05, 0) is 44.5 Å². The molecule has 0 fully saturated rings. The predicted molar refractivity (Wildman–Crippen MR) is 97.4 cm³/mol. The minimum atomic E-state index is -0.447. The number of hydrogen-bond acceptors (Lipinski definition) is 4. The van der Waals surface area contributed by atoms with E-state index in [1.807, 2.05) is 0 Å². The molecule has 0 spiro atoms. The Kier molecular flexibility index (Phi) is 3.91. The van der Waals surface area contributed by atoms with Crippen molar-refractivity contribution in [3.63, 3.8) is 0 Å². The van der Waals surface area contributed by atoms with Crippen LogP contribution in [0.1, 0.15) is 61.7 Å². The van der Waals surface area contributed by atoms with E-state index in [0.717, 1.165) is 0 Å². The molecule has 0 saturated heterocycles. The summed E-state index contributed by atoms with van der Waals surface area (Å²) in [6, 6.07) is 12.5. The second-order valence-electron chi connectivity index (χ2n) is 6.99. The monoisotopic (exact) mass is 362 g/mol. The van der Waals surface area contributed by atoms with Crippen LogP contribution in [0, 0.1) is 0 Å². The first kappa shape index (κ1) is 17.1. The fourth-order valence-electron chi connectivity index (χ4n) is 3.92. The van der Waals surface area contributed by atoms with E-state index in [1.165, 1.54) is 9.80 Å². The van der Waals surface area contributed by atoms with Crippen LogP contribution in [0.15, 0.2) is 48.5 Å². The van der Waals surface area contributed by atoms with Crippen molar-refractivity contribution >= 4 is 23.6 Å². The van der Waals surface area contributed by atoms with Crippen molar-refractivity contribution in [3.05, 3.63) is 70.8 Å². The first-order valence-corrected chi connectivity index (χ1v) is 8.85. The number of amides is 4. The summed E-state index contributed by atoms with van der Waals surface area (Å²) in [4.78, 5) is 52.9. The molecule has 6 nitrogen and oxygen atoms in total. The molecule has 2 heterocycles. The summed E-state index contributed by atoms with van der Waals surface area (Å²) < 4.78 is 0. The number of hydrogen-bond donors (Lipinski definition) is 0. The van der Waals surface area contributed by atoms with Gasteiger partial charge in [0.25, 0.3) is 23.6 Å². The standard InChI is InChI=1S/C21H18N2O4/c1-12(22-18(24)14-7-3-4-8-15(14)19(22)25)11-13(2)23-20(26)16-9-5-6-10-17(16)21(23)27/h3-10,12-13H,11H2,1-2H3/t12-,13-/m0/s1. The fraction of sp³-hybridized carbons (Fsp3) is 0.238. The second-order valence-corrected chi connectivity index (χ2v) is 6.99. The largest absolute Gasteiger partial charge is 0.271 e. The maximum atomic E-state index is 12.6. The molecule has 0 aliphatic carbocycles. The normalized spacial score (nSPS) is 18.0. The molecule has 0 radical (unpaired) electrons. The Bertz CT molecular complexity index is 848. The average Bonchev–Trinajstić information content (AvgIpc) is 3.07. The number of benzene rings is 2. The van der Waals surface area contributed by atoms with Crippen molar-refractivity contribution in [3.8, 4) is 0 Å². The summed E-state index contributed by atoms with van der Waals surface area (Å²) in [6.07, 6.45) is 0.316. The molecule has 4 amide bonds. The zero-order valence-electron chi connectivity index (χ0n) is 15.0. The Morgan fingerprint density at radius 3 is 1.11 bits per heavy atom. The molecule has 2 aliphatic rings. The van der Waals surface area contributed by atoms with E-state index < -0.39 is 12.1 Å². The van der Waals surface area contributed by atoms with Gasteiger partial charge >= 0.3 is 0 Å². The van der Waals surface area contributed by atoms with Crippen LogP contribution in [0.5, 0.6) is 0 Å². The summed E-state index contributed by atoms with van der Waals surface area (Å²) in [7, 11) is 0. The number of carbonyl (C=O) groups is 4. The molecule has 136 valence electrons. The van der Waals surface area contributed by atoms with E-state index in [2.05, 4.69) is 0 Å². The van der Waals surface area contributed by atoms with E-state index >= 15 is 0 Å². The number of fused-ring (bicyclic) bond motifs is 2. The average molecular weight is 362 g/mol. The molecular formula is C21H18N2O4. The summed E-state index contributed by atoms with van der Waals surface area (Å²) in [6.45, 7) is 3.52. The Hall–Kier alpha value is -3.28. The van der Waals surface area contributed by atoms with Crippen LogP contribution >= 0.6 is 0 Å². The van der Waals surface area contributed by atoms with Crippen molar-refractivity contribution in [1.82, 2.24) is 9.80 Å². The molecule has 27 heavy (non-hydrogen) atoms. The third-order valence-electron chi connectivity index (χ3n) is 5.21. The summed E-state index contributed by atoms with van der Waals surface area (Å²) in [5.41, 5.74) is 1.57. The smallest absolute Gasteiger partial charge is 0.261 e. The van der Waals surface area contributed by atoms with Crippen molar-refractivity contribution in [2.75, 3.05) is 0 Å². The lowest BCUT2D eigenvalue weighted by Crippen LogP contribution is -2.45. The first-order valence-electron chi connectivity index (χ1n) is 8.85. The number of carbonyl (C=O) groups excluding carboxylic acids is 4. The lowest BCUT2D eigenvalue weighted by atomic mass is 10.1. The summed E-state index contributed by atoms with van der Waals surface area (Å²) >= 11 is 0. The molecule has 4 rings (SSSR count). The van der Waals surface area contributed by atoms with E-state index in [1.54, 1.807) is 62.4 Å². The zero-order chi connectivity index (χ0) is 19.3. The molecule has 2 aromatic carbocycles. The van der Waals surface area contributed by atoms with Gasteiger partial charge < -0.3 is 0 Å². The Morgan fingerprint density at radius 2 is 0.852 bits per heavy atom. The number of rotatable bonds is 4. The van der Waals surface area contributed by atoms with Gasteiger partial charge in [0.1, 0.15) is 0 Å². The van der Waals surface area contributed by atoms with Crippen LogP contribution in [0.25, 0.3) is 0 Å². The molecule has 0 N–H and O–H groups in total. The number of nitrogens with zero attached hydrogens (tertiary/aromatic N) is 2. The Morgan fingerprint density at radius 1 is 0.593 bits per heavy atom. The predicted octanol–water partition coefficient (Wildman–Crippen LogP) is 2.75. The number of imide groups is 2. The molecule has 0 unspecified atom stereocenters. The highest BCUT2D eigenvalue weighted by Crippen LogP contribution is 2.29. The molecule has 0 saturated carbocycles. The highest BCUT2D eigenvalue weighted by molar-refractivity contribution is 6.22. The van der Waals surface area contributed by atoms with Crippen molar-refractivity contribution in [2.45, 2.75) is 32.4 Å². The highest BCUT2D eigenvalue weighted by Gasteiger charge is 2.42. The highest BCUT2D eigenvalue weighted by atomic mass is 16.2. The van der Waals surface area contributed by atoms with Crippen molar-refractivity contribution < 1.29 is 19.2 Å². The van der Waals surface area contributed by atoms with E-state index in [4.69, 9.17) is 0 Å². The fourth-order valence-corrected chi connectivity index (χ4v) is 3.92. The van der Waals surface area contributed by atoms with Gasteiger partial charge in [-0.15, -0.1) is 0 Å². The lowest BCUT2D eigenvalue weighted by molar-refractivity contribution is 0.0522.